The highest BCUT2D eigenvalue weighted by atomic mass is 16.2. The molecule has 0 aliphatic carbocycles. The first-order chi connectivity index (χ1) is 14.1. The lowest BCUT2D eigenvalue weighted by molar-refractivity contribution is 0.0678. The largest absolute Gasteiger partial charge is 0.339 e. The lowest BCUT2D eigenvalue weighted by Crippen LogP contribution is -2.39. The summed E-state index contributed by atoms with van der Waals surface area (Å²) in [5.74, 6) is 1.35. The zero-order valence-corrected chi connectivity index (χ0v) is 16.7. The van der Waals surface area contributed by atoms with E-state index in [9.17, 15) is 4.79 Å². The van der Waals surface area contributed by atoms with Crippen molar-refractivity contribution >= 4 is 28.3 Å². The van der Waals surface area contributed by atoms with Gasteiger partial charge in [-0.3, -0.25) is 19.5 Å². The third kappa shape index (κ3) is 3.16. The Balaban J connectivity index is 1.43. The fraction of sp³-hybridized carbons (Fsp3) is 0.364. The Labute approximate surface area is 169 Å². The maximum absolute atomic E-state index is 13.1. The Morgan fingerprint density at radius 3 is 3.03 bits per heavy atom. The van der Waals surface area contributed by atoms with E-state index in [1.54, 1.807) is 10.9 Å². The normalized spacial score (nSPS) is 18.6. The molecule has 1 aromatic carbocycles. The predicted octanol–water partition coefficient (Wildman–Crippen LogP) is 3.21. The summed E-state index contributed by atoms with van der Waals surface area (Å²) in [6.45, 7) is 4.47. The zero-order chi connectivity index (χ0) is 20.0. The summed E-state index contributed by atoms with van der Waals surface area (Å²) in [4.78, 5) is 24.0. The van der Waals surface area contributed by atoms with Crippen LogP contribution in [0.4, 0.5) is 5.69 Å². The van der Waals surface area contributed by atoms with Crippen molar-refractivity contribution in [1.82, 2.24) is 19.7 Å². The molecule has 1 N–H and O–H groups in total. The summed E-state index contributed by atoms with van der Waals surface area (Å²) in [6, 6.07) is 9.94. The lowest BCUT2D eigenvalue weighted by atomic mass is 10.00. The minimum atomic E-state index is 0.0288. The molecular weight excluding hydrogens is 364 g/mol. The van der Waals surface area contributed by atoms with E-state index in [4.69, 9.17) is 0 Å². The molecule has 1 unspecified atom stereocenters. The highest BCUT2D eigenvalue weighted by molar-refractivity contribution is 6.10. The van der Waals surface area contributed by atoms with Gasteiger partial charge in [-0.25, -0.2) is 0 Å². The smallest absolute Gasteiger partial charge is 0.275 e. The Bertz CT molecular complexity index is 1130. The minimum Gasteiger partial charge on any atom is -0.339 e. The van der Waals surface area contributed by atoms with Gasteiger partial charge in [0.05, 0.1) is 12.1 Å². The number of anilines is 1. The van der Waals surface area contributed by atoms with E-state index in [0.29, 0.717) is 18.2 Å². The fourth-order valence-corrected chi connectivity index (χ4v) is 4.27. The van der Waals surface area contributed by atoms with Crippen molar-refractivity contribution in [1.29, 1.82) is 0 Å². The van der Waals surface area contributed by atoms with Crippen LogP contribution in [0.15, 0.2) is 41.5 Å². The zero-order valence-electron chi connectivity index (χ0n) is 16.7. The van der Waals surface area contributed by atoms with E-state index < -0.39 is 0 Å². The number of pyridine rings is 1. The second kappa shape index (κ2) is 6.99. The molecule has 148 valence electrons. The number of carbonyl (C=O) groups is 1. The van der Waals surface area contributed by atoms with Gasteiger partial charge in [-0.2, -0.15) is 5.10 Å². The fourth-order valence-electron chi connectivity index (χ4n) is 4.27. The summed E-state index contributed by atoms with van der Waals surface area (Å²) >= 11 is 0. The number of nitrogens with zero attached hydrogens (tertiary/aromatic N) is 5. The van der Waals surface area contributed by atoms with Crippen LogP contribution < -0.4 is 5.32 Å². The van der Waals surface area contributed by atoms with Crippen molar-refractivity contribution in [2.45, 2.75) is 26.3 Å². The first kappa shape index (κ1) is 17.8. The van der Waals surface area contributed by atoms with Crippen LogP contribution in [0.2, 0.25) is 0 Å². The van der Waals surface area contributed by atoms with Gasteiger partial charge in [-0.15, -0.1) is 0 Å². The van der Waals surface area contributed by atoms with E-state index in [1.807, 2.05) is 42.3 Å². The molecule has 1 amide bonds. The topological polar surface area (TPSA) is 75.4 Å². The average Bonchev–Trinajstić information content (AvgIpc) is 3.29. The second-order valence-electron chi connectivity index (χ2n) is 8.00. The highest BCUT2D eigenvalue weighted by Gasteiger charge is 2.26. The molecule has 1 atom stereocenters. The van der Waals surface area contributed by atoms with E-state index in [-0.39, 0.29) is 5.91 Å². The molecule has 7 heteroatoms. The number of carbonyl (C=O) groups excluding carboxylic acids is 1. The van der Waals surface area contributed by atoms with Crippen molar-refractivity contribution in [3.63, 3.8) is 0 Å². The van der Waals surface area contributed by atoms with Gasteiger partial charge < -0.3 is 10.2 Å². The number of hydrogen-bond acceptors (Lipinski definition) is 5. The molecule has 2 aromatic heterocycles. The standard InChI is InChI=1S/C22H24N6O/c1-14-5-4-10-28(13-14)22(29)20-17-8-7-16(11-18(17)27(2)26-20)25-21-19-15(12-24-21)6-3-9-23-19/h3,6-9,11,14H,4-5,10,12-13H2,1-2H3,(H,24,25). The maximum Gasteiger partial charge on any atom is 0.275 e. The van der Waals surface area contributed by atoms with Crippen LogP contribution in [-0.2, 0) is 13.6 Å². The third-order valence-corrected chi connectivity index (χ3v) is 5.78. The molecule has 29 heavy (non-hydrogen) atoms. The summed E-state index contributed by atoms with van der Waals surface area (Å²) in [6.07, 6.45) is 4.03. The van der Waals surface area contributed by atoms with E-state index in [1.165, 1.54) is 6.42 Å². The monoisotopic (exact) mass is 388 g/mol. The van der Waals surface area contributed by atoms with Crippen LogP contribution in [0, 0.1) is 5.92 Å². The van der Waals surface area contributed by atoms with E-state index >= 15 is 0 Å². The van der Waals surface area contributed by atoms with Gasteiger partial charge >= 0.3 is 0 Å². The van der Waals surface area contributed by atoms with E-state index in [2.05, 4.69) is 27.3 Å². The van der Waals surface area contributed by atoms with Crippen LogP contribution in [-0.4, -0.2) is 44.5 Å². The van der Waals surface area contributed by atoms with E-state index in [0.717, 1.165) is 53.2 Å². The Morgan fingerprint density at radius 1 is 1.28 bits per heavy atom. The van der Waals surface area contributed by atoms with Crippen LogP contribution in [0.1, 0.15) is 41.5 Å². The number of nitrogens with one attached hydrogen (secondary N) is 1. The first-order valence-corrected chi connectivity index (χ1v) is 10.1. The number of benzene rings is 1. The van der Waals surface area contributed by atoms with Gasteiger partial charge in [0.2, 0.25) is 0 Å². The second-order valence-corrected chi connectivity index (χ2v) is 8.00. The molecule has 7 nitrogen and oxygen atoms in total. The van der Waals surface area contributed by atoms with Crippen LogP contribution in [0.25, 0.3) is 10.9 Å². The number of aryl methyl sites for hydroxylation is 1. The number of hydrogen-bond donors (Lipinski definition) is 1. The van der Waals surface area contributed by atoms with Gasteiger partial charge in [0.1, 0.15) is 5.69 Å². The van der Waals surface area contributed by atoms with Gasteiger partial charge in [0, 0.05) is 43.0 Å². The molecule has 0 bridgehead atoms. The van der Waals surface area contributed by atoms with Crippen LogP contribution in [0.5, 0.6) is 0 Å². The molecule has 0 radical (unpaired) electrons. The highest BCUT2D eigenvalue weighted by Crippen LogP contribution is 2.26. The molecule has 2 aliphatic heterocycles. The van der Waals surface area contributed by atoms with Gasteiger partial charge in [-0.05, 0) is 43.0 Å². The quantitative estimate of drug-likeness (QED) is 0.731. The lowest BCUT2D eigenvalue weighted by Gasteiger charge is -2.30. The summed E-state index contributed by atoms with van der Waals surface area (Å²) in [5, 5.41) is 8.81. The molecule has 1 fully saturated rings. The molecule has 2 aliphatic rings. The summed E-state index contributed by atoms with van der Waals surface area (Å²) in [5.41, 5.74) is 4.38. The number of piperidine rings is 1. The van der Waals surface area contributed by atoms with Gasteiger partial charge in [-0.1, -0.05) is 13.0 Å². The first-order valence-electron chi connectivity index (χ1n) is 10.1. The predicted molar refractivity (Wildman–Crippen MR) is 113 cm³/mol. The summed E-state index contributed by atoms with van der Waals surface area (Å²) < 4.78 is 1.78. The molecule has 1 saturated heterocycles. The van der Waals surface area contributed by atoms with Crippen molar-refractivity contribution in [2.24, 2.45) is 18.0 Å². The Morgan fingerprint density at radius 2 is 2.17 bits per heavy atom. The maximum atomic E-state index is 13.1. The number of amides is 1. The van der Waals surface area contributed by atoms with Crippen LogP contribution in [0.3, 0.4) is 0 Å². The SMILES string of the molecule is CC1CCCN(C(=O)c2nn(C)c3cc(NC4=NCc5cccnc54)ccc23)C1. The van der Waals surface area contributed by atoms with Gasteiger partial charge in [0.25, 0.3) is 5.91 Å². The number of fused-ring (bicyclic) bond motifs is 2. The Kier molecular flexibility index (Phi) is 4.30. The van der Waals surface area contributed by atoms with Gasteiger partial charge in [0.15, 0.2) is 11.5 Å². The third-order valence-electron chi connectivity index (χ3n) is 5.78. The molecule has 0 saturated carbocycles. The molecule has 4 heterocycles. The van der Waals surface area contributed by atoms with Crippen molar-refractivity contribution in [2.75, 3.05) is 18.4 Å². The van der Waals surface area contributed by atoms with Crippen molar-refractivity contribution < 1.29 is 4.79 Å². The number of aliphatic imine (C=N–C) groups is 1. The molecule has 3 aromatic rings. The number of amidine groups is 1. The molecular formula is C22H24N6O. The minimum absolute atomic E-state index is 0.0288. The number of rotatable bonds is 2. The summed E-state index contributed by atoms with van der Waals surface area (Å²) in [7, 11) is 1.88. The molecule has 0 spiro atoms. The average molecular weight is 388 g/mol. The van der Waals surface area contributed by atoms with Crippen molar-refractivity contribution in [3.8, 4) is 0 Å². The molecule has 5 rings (SSSR count). The number of aromatic nitrogens is 3. The Hall–Kier alpha value is -3.22. The van der Waals surface area contributed by atoms with Crippen LogP contribution >= 0.6 is 0 Å². The number of likely N-dealkylation sites (tertiary alicyclic amines) is 1. The van der Waals surface area contributed by atoms with Crippen molar-refractivity contribution in [3.05, 3.63) is 53.5 Å².